The molecule has 1 N–H and O–H groups in total. The molecule has 47 heavy (non-hydrogen) atoms. The maximum atomic E-state index is 16.0. The highest BCUT2D eigenvalue weighted by Gasteiger charge is 2.71. The number of amides is 1. The number of carbonyl (C=O) groups is 3. The van der Waals surface area contributed by atoms with Crippen LogP contribution in [0.3, 0.4) is 0 Å². The Morgan fingerprint density at radius 3 is 2.47 bits per heavy atom. The fourth-order valence-electron chi connectivity index (χ4n) is 7.20. The predicted molar refractivity (Wildman–Crippen MR) is 168 cm³/mol. The Kier molecular flexibility index (Phi) is 8.27. The number of Topliss-reactive ketones (excluding diaryl/α,β-unsaturated/α-hetero) is 1. The molecule has 3 aliphatic rings. The number of rotatable bonds is 9. The van der Waals surface area contributed by atoms with Crippen LogP contribution in [0, 0.1) is 38.9 Å². The van der Waals surface area contributed by atoms with Gasteiger partial charge in [-0.1, -0.05) is 41.4 Å². The zero-order valence-electron chi connectivity index (χ0n) is 25.0. The molecule has 3 aromatic rings. The van der Waals surface area contributed by atoms with Gasteiger partial charge in [-0.15, -0.1) is 0 Å². The van der Waals surface area contributed by atoms with Gasteiger partial charge in [0.25, 0.3) is 11.6 Å². The molecule has 1 spiro atoms. The third-order valence-electron chi connectivity index (χ3n) is 9.38. The Balaban J connectivity index is 1.57. The summed E-state index contributed by atoms with van der Waals surface area (Å²) in [5.41, 5.74) is -2.40. The zero-order chi connectivity index (χ0) is 33.9. The van der Waals surface area contributed by atoms with Crippen molar-refractivity contribution in [2.24, 2.45) is 5.92 Å². The van der Waals surface area contributed by atoms with Crippen molar-refractivity contribution in [3.63, 3.8) is 0 Å². The molecule has 2 aliphatic heterocycles. The van der Waals surface area contributed by atoms with E-state index in [4.69, 9.17) is 27.9 Å². The molecule has 1 amide bonds. The molecule has 12 nitrogen and oxygen atoms in total. The fraction of sp³-hybridized carbons (Fsp3) is 0.344. The number of esters is 1. The number of ether oxygens (including phenoxy) is 1. The van der Waals surface area contributed by atoms with Crippen LogP contribution in [0.25, 0.3) is 0 Å². The van der Waals surface area contributed by atoms with Gasteiger partial charge in [0.15, 0.2) is 5.78 Å². The number of hydrogen-bond acceptors (Lipinski definition) is 9. The largest absolute Gasteiger partial charge is 0.465 e. The van der Waals surface area contributed by atoms with E-state index < -0.39 is 69.0 Å². The lowest BCUT2D eigenvalue weighted by Gasteiger charge is -2.38. The number of nitro benzene ring substituents is 1. The molecule has 3 aromatic carbocycles. The van der Waals surface area contributed by atoms with E-state index in [1.54, 1.807) is 11.0 Å². The number of nitrogens with zero attached hydrogens (tertiary/aromatic N) is 3. The minimum atomic E-state index is -1.87. The van der Waals surface area contributed by atoms with E-state index in [0.29, 0.717) is 5.56 Å². The Morgan fingerprint density at radius 2 is 1.83 bits per heavy atom. The smallest absolute Gasteiger partial charge is 0.338 e. The summed E-state index contributed by atoms with van der Waals surface area (Å²) >= 11 is 12.4. The van der Waals surface area contributed by atoms with Crippen LogP contribution >= 0.6 is 23.2 Å². The maximum Gasteiger partial charge on any atom is 0.338 e. The van der Waals surface area contributed by atoms with Crippen LogP contribution in [0.1, 0.15) is 62.6 Å². The van der Waals surface area contributed by atoms with Crippen molar-refractivity contribution < 1.29 is 33.4 Å². The molecule has 2 heterocycles. The van der Waals surface area contributed by atoms with E-state index in [-0.39, 0.29) is 50.4 Å². The van der Waals surface area contributed by atoms with Crippen molar-refractivity contribution >= 4 is 52.2 Å². The van der Waals surface area contributed by atoms with Crippen molar-refractivity contribution in [1.29, 1.82) is 0 Å². The summed E-state index contributed by atoms with van der Waals surface area (Å²) in [7, 11) is 1.11. The average molecular weight is 685 g/mol. The van der Waals surface area contributed by atoms with E-state index in [2.05, 4.69) is 5.32 Å². The third kappa shape index (κ3) is 5.22. The normalized spacial score (nSPS) is 23.4. The SMILES string of the molecule is COC(=O)c1cc([N+](=O)[O-])c(C(=O)C[C@H]2[C@@H]([N+](=O)[O-])[C@H](c3cccc(Cl)c3F)[C@]3(C(=O)Nc4cc(Cl)ccc43)N2CC2CC2)cc1C. The van der Waals surface area contributed by atoms with Crippen molar-refractivity contribution in [2.75, 3.05) is 19.0 Å². The second-order valence-corrected chi connectivity index (χ2v) is 12.9. The van der Waals surface area contributed by atoms with E-state index in [1.165, 1.54) is 43.3 Å². The first kappa shape index (κ1) is 32.5. The molecule has 0 aromatic heterocycles. The van der Waals surface area contributed by atoms with Crippen molar-refractivity contribution in [3.8, 4) is 0 Å². The van der Waals surface area contributed by atoms with Crippen LogP contribution in [0.5, 0.6) is 0 Å². The highest BCUT2D eigenvalue weighted by atomic mass is 35.5. The number of halogens is 3. The summed E-state index contributed by atoms with van der Waals surface area (Å²) in [5.74, 6) is -4.72. The standard InChI is InChI=1S/C32H27Cl2FN4O8/c1-15-10-20(24(38(43)44)12-19(15)30(41)47-2)26(40)13-25-29(39(45)46)27(18-4-3-5-22(34)28(18)35)32(37(25)14-16-6-7-16)21-9-8-17(33)11-23(21)36-31(32)42/h3-5,8-12,16,25,27,29H,6-7,13-14H2,1-2H3,(H,36,42)/t25-,27-,29+,32+/m0/s1. The van der Waals surface area contributed by atoms with Gasteiger partial charge in [0.1, 0.15) is 11.4 Å². The molecule has 4 atom stereocenters. The summed E-state index contributed by atoms with van der Waals surface area (Å²) in [4.78, 5) is 66.1. The van der Waals surface area contributed by atoms with Gasteiger partial charge in [0.2, 0.25) is 6.04 Å². The van der Waals surface area contributed by atoms with Gasteiger partial charge in [-0.05, 0) is 55.5 Å². The molecular weight excluding hydrogens is 658 g/mol. The molecule has 1 saturated heterocycles. The minimum absolute atomic E-state index is 0.0277. The second kappa shape index (κ2) is 12.0. The van der Waals surface area contributed by atoms with Crippen LogP contribution in [-0.4, -0.2) is 58.1 Å². The first-order chi connectivity index (χ1) is 22.3. The van der Waals surface area contributed by atoms with Gasteiger partial charge in [0.05, 0.1) is 40.1 Å². The number of hydrogen-bond donors (Lipinski definition) is 1. The molecule has 0 unspecified atom stereocenters. The number of anilines is 1. The number of aryl methyl sites for hydroxylation is 1. The van der Waals surface area contributed by atoms with Crippen molar-refractivity contribution in [3.05, 3.63) is 112 Å². The second-order valence-electron chi connectivity index (χ2n) is 12.0. The van der Waals surface area contributed by atoms with Crippen LogP contribution in [0.2, 0.25) is 10.0 Å². The summed E-state index contributed by atoms with van der Waals surface area (Å²) in [6.07, 6.45) is 0.898. The lowest BCUT2D eigenvalue weighted by molar-refractivity contribution is -0.528. The molecular formula is C32H27Cl2FN4O8. The number of benzene rings is 3. The van der Waals surface area contributed by atoms with E-state index in [1.807, 2.05) is 0 Å². The maximum absolute atomic E-state index is 16.0. The average Bonchev–Trinajstić information content (AvgIpc) is 3.74. The molecule has 2 fully saturated rings. The Hall–Kier alpha value is -4.46. The number of ketones is 1. The molecule has 1 aliphatic carbocycles. The summed E-state index contributed by atoms with van der Waals surface area (Å²) in [6, 6.07) is 7.69. The fourth-order valence-corrected chi connectivity index (χ4v) is 7.56. The van der Waals surface area contributed by atoms with Crippen molar-refractivity contribution in [2.45, 2.75) is 49.7 Å². The van der Waals surface area contributed by atoms with E-state index >= 15 is 4.39 Å². The van der Waals surface area contributed by atoms with Crippen molar-refractivity contribution in [1.82, 2.24) is 4.90 Å². The third-order valence-corrected chi connectivity index (χ3v) is 9.90. The van der Waals surface area contributed by atoms with E-state index in [9.17, 15) is 34.6 Å². The van der Waals surface area contributed by atoms with Crippen LogP contribution in [-0.2, 0) is 15.1 Å². The van der Waals surface area contributed by atoms with Crippen LogP contribution < -0.4 is 5.32 Å². The van der Waals surface area contributed by atoms with Gasteiger partial charge in [-0.3, -0.25) is 34.7 Å². The minimum Gasteiger partial charge on any atom is -0.465 e. The lowest BCUT2D eigenvalue weighted by Crippen LogP contribution is -2.53. The zero-order valence-corrected chi connectivity index (χ0v) is 26.5. The lowest BCUT2D eigenvalue weighted by atomic mass is 9.73. The Bertz CT molecular complexity index is 1890. The molecule has 244 valence electrons. The first-order valence-electron chi connectivity index (χ1n) is 14.7. The number of carbonyl (C=O) groups excluding carboxylic acids is 3. The Morgan fingerprint density at radius 1 is 1.11 bits per heavy atom. The molecule has 15 heteroatoms. The number of nitrogens with one attached hydrogen (secondary N) is 1. The summed E-state index contributed by atoms with van der Waals surface area (Å²) < 4.78 is 20.7. The van der Waals surface area contributed by atoms with Gasteiger partial charge < -0.3 is 10.1 Å². The highest BCUT2D eigenvalue weighted by molar-refractivity contribution is 6.31. The van der Waals surface area contributed by atoms with E-state index in [0.717, 1.165) is 26.0 Å². The summed E-state index contributed by atoms with van der Waals surface area (Å²) in [5, 5.41) is 28.0. The molecule has 1 saturated carbocycles. The monoisotopic (exact) mass is 684 g/mol. The number of fused-ring (bicyclic) bond motifs is 2. The molecule has 0 bridgehead atoms. The van der Waals surface area contributed by atoms with Gasteiger partial charge >= 0.3 is 5.97 Å². The van der Waals surface area contributed by atoms with Crippen LogP contribution in [0.4, 0.5) is 15.8 Å². The highest BCUT2D eigenvalue weighted by Crippen LogP contribution is 2.60. The molecule has 6 rings (SSSR count). The quantitative estimate of drug-likeness (QED) is 0.122. The molecule has 0 radical (unpaired) electrons. The Labute approximate surface area is 277 Å². The number of methoxy groups -OCH3 is 1. The predicted octanol–water partition coefficient (Wildman–Crippen LogP) is 6.08. The first-order valence-corrected chi connectivity index (χ1v) is 15.4. The number of likely N-dealkylation sites (tertiary alicyclic amines) is 1. The van der Waals surface area contributed by atoms with Gasteiger partial charge in [0, 0.05) is 45.8 Å². The number of nitro groups is 2. The van der Waals surface area contributed by atoms with Gasteiger partial charge in [-0.25, -0.2) is 9.18 Å². The summed E-state index contributed by atoms with van der Waals surface area (Å²) in [6.45, 7) is 1.62. The topological polar surface area (TPSA) is 162 Å². The van der Waals surface area contributed by atoms with Gasteiger partial charge in [-0.2, -0.15) is 0 Å². The van der Waals surface area contributed by atoms with Crippen LogP contribution in [0.15, 0.2) is 48.5 Å².